The number of Topliss-reactive ketones (excluding diaryl/α,β-unsaturated/α-hetero) is 1. The number of nitrogens with one attached hydrogen (secondary N) is 3. The summed E-state index contributed by atoms with van der Waals surface area (Å²) in [6, 6.07) is 16.0. The van der Waals surface area contributed by atoms with Crippen molar-refractivity contribution < 1.29 is 9.59 Å². The van der Waals surface area contributed by atoms with Gasteiger partial charge in [0.2, 0.25) is 5.91 Å². The molecule has 0 aliphatic rings. The molecule has 2 aromatic carbocycles. The normalized spacial score (nSPS) is 13.3. The van der Waals surface area contributed by atoms with Crippen molar-refractivity contribution >= 4 is 34.2 Å². The van der Waals surface area contributed by atoms with Gasteiger partial charge in [-0.15, -0.1) is 0 Å². The molecule has 0 radical (unpaired) electrons. The molecule has 0 saturated carbocycles. The van der Waals surface area contributed by atoms with Gasteiger partial charge in [-0.05, 0) is 36.1 Å². The molecule has 0 aliphatic carbocycles. The van der Waals surface area contributed by atoms with E-state index in [2.05, 4.69) is 27.8 Å². The second kappa shape index (κ2) is 11.3. The predicted octanol–water partition coefficient (Wildman–Crippen LogP) is 5.03. The number of rotatable bonds is 11. The molecule has 0 aliphatic heterocycles. The Morgan fingerprint density at radius 2 is 1.78 bits per heavy atom. The zero-order valence-electron chi connectivity index (χ0n) is 19.0. The van der Waals surface area contributed by atoms with Crippen molar-refractivity contribution in [2.75, 3.05) is 0 Å². The summed E-state index contributed by atoms with van der Waals surface area (Å²) in [4.78, 5) is 28.7. The largest absolute Gasteiger partial charge is 0.360 e. The summed E-state index contributed by atoms with van der Waals surface area (Å²) in [7, 11) is 0. The highest BCUT2D eigenvalue weighted by Crippen LogP contribution is 2.24. The number of hydrogen-bond donors (Lipinski definition) is 3. The maximum Gasteiger partial charge on any atom is 0.223 e. The molecule has 3 rings (SSSR count). The fourth-order valence-corrected chi connectivity index (χ4v) is 4.05. The van der Waals surface area contributed by atoms with E-state index < -0.39 is 5.92 Å². The highest BCUT2D eigenvalue weighted by atomic mass is 35.5. The zero-order chi connectivity index (χ0) is 23.1. The average Bonchev–Trinajstić information content (AvgIpc) is 3.15. The fraction of sp³-hybridized carbons (Fsp3) is 0.385. The zero-order valence-corrected chi connectivity index (χ0v) is 19.7. The van der Waals surface area contributed by atoms with Crippen molar-refractivity contribution in [3.63, 3.8) is 0 Å². The Morgan fingerprint density at radius 1 is 1.03 bits per heavy atom. The lowest BCUT2D eigenvalue weighted by molar-refractivity contribution is -0.130. The van der Waals surface area contributed by atoms with E-state index in [1.165, 1.54) is 5.56 Å². The third-order valence-electron chi connectivity index (χ3n) is 5.61. The molecule has 0 fully saturated rings. The van der Waals surface area contributed by atoms with Gasteiger partial charge in [0, 0.05) is 42.0 Å². The number of carbonyl (C=O) groups excluding carboxylic acids is 2. The minimum atomic E-state index is -0.393. The van der Waals surface area contributed by atoms with Crippen LogP contribution in [0.3, 0.4) is 0 Å². The Hall–Kier alpha value is -2.63. The molecule has 3 aromatic rings. The van der Waals surface area contributed by atoms with Crippen LogP contribution in [0.15, 0.2) is 54.7 Å². The third kappa shape index (κ3) is 6.68. The van der Waals surface area contributed by atoms with Gasteiger partial charge in [-0.3, -0.25) is 9.59 Å². The van der Waals surface area contributed by atoms with Crippen molar-refractivity contribution in [1.29, 1.82) is 0 Å². The Bertz CT molecular complexity index is 1050. The monoisotopic (exact) mass is 453 g/mol. The average molecular weight is 454 g/mol. The van der Waals surface area contributed by atoms with E-state index in [0.29, 0.717) is 18.0 Å². The quantitative estimate of drug-likeness (QED) is 0.381. The van der Waals surface area contributed by atoms with Crippen LogP contribution in [-0.4, -0.2) is 28.8 Å². The highest BCUT2D eigenvalue weighted by molar-refractivity contribution is 6.35. The number of amides is 1. The minimum absolute atomic E-state index is 0.0813. The van der Waals surface area contributed by atoms with E-state index in [1.54, 1.807) is 6.20 Å². The molecule has 0 saturated heterocycles. The molecule has 5 nitrogen and oxygen atoms in total. The van der Waals surface area contributed by atoms with E-state index in [1.807, 2.05) is 57.2 Å². The topological polar surface area (TPSA) is 74.0 Å². The SMILES string of the molecule is CC(C)N[C@H](CCc1ccccc1)C(=O)C[C@@H](C)C(=O)NCc1ccc2[nH]cc(Cl)c2c1. The summed E-state index contributed by atoms with van der Waals surface area (Å²) in [5, 5.41) is 7.92. The summed E-state index contributed by atoms with van der Waals surface area (Å²) >= 11 is 6.18. The molecular formula is C26H32ClN3O2. The smallest absolute Gasteiger partial charge is 0.223 e. The Labute approximate surface area is 194 Å². The van der Waals surface area contributed by atoms with Gasteiger partial charge in [0.1, 0.15) is 0 Å². The van der Waals surface area contributed by atoms with Crippen molar-refractivity contribution in [3.8, 4) is 0 Å². The Morgan fingerprint density at radius 3 is 2.50 bits per heavy atom. The van der Waals surface area contributed by atoms with Gasteiger partial charge in [0.15, 0.2) is 5.78 Å². The maximum absolute atomic E-state index is 13.0. The molecule has 1 heterocycles. The highest BCUT2D eigenvalue weighted by Gasteiger charge is 2.24. The number of aromatic amines is 1. The second-order valence-corrected chi connectivity index (χ2v) is 9.11. The van der Waals surface area contributed by atoms with E-state index in [0.717, 1.165) is 22.9 Å². The number of hydrogen-bond acceptors (Lipinski definition) is 3. The summed E-state index contributed by atoms with van der Waals surface area (Å²) in [6.07, 6.45) is 3.50. The van der Waals surface area contributed by atoms with Crippen LogP contribution in [-0.2, 0) is 22.6 Å². The number of benzene rings is 2. The summed E-state index contributed by atoms with van der Waals surface area (Å²) in [5.74, 6) is -0.432. The lowest BCUT2D eigenvalue weighted by Gasteiger charge is -2.22. The summed E-state index contributed by atoms with van der Waals surface area (Å²) < 4.78 is 0. The molecule has 32 heavy (non-hydrogen) atoms. The van der Waals surface area contributed by atoms with Gasteiger partial charge in [-0.1, -0.05) is 68.8 Å². The molecule has 2 atom stereocenters. The van der Waals surface area contributed by atoms with Crippen molar-refractivity contribution in [2.24, 2.45) is 5.92 Å². The second-order valence-electron chi connectivity index (χ2n) is 8.70. The fourth-order valence-electron chi connectivity index (χ4n) is 3.84. The van der Waals surface area contributed by atoms with E-state index >= 15 is 0 Å². The molecule has 6 heteroatoms. The molecule has 0 bridgehead atoms. The van der Waals surface area contributed by atoms with Crippen LogP contribution >= 0.6 is 11.6 Å². The van der Waals surface area contributed by atoms with Gasteiger partial charge >= 0.3 is 0 Å². The van der Waals surface area contributed by atoms with Crippen LogP contribution in [0.5, 0.6) is 0 Å². The van der Waals surface area contributed by atoms with Crippen LogP contribution in [0.25, 0.3) is 10.9 Å². The first-order valence-corrected chi connectivity index (χ1v) is 11.6. The first kappa shape index (κ1) is 24.0. The van der Waals surface area contributed by atoms with Gasteiger partial charge in [-0.2, -0.15) is 0 Å². The first-order chi connectivity index (χ1) is 15.3. The predicted molar refractivity (Wildman–Crippen MR) is 131 cm³/mol. The third-order valence-corrected chi connectivity index (χ3v) is 5.92. The van der Waals surface area contributed by atoms with E-state index in [4.69, 9.17) is 11.6 Å². The molecule has 170 valence electrons. The van der Waals surface area contributed by atoms with Gasteiger partial charge in [0.05, 0.1) is 11.1 Å². The van der Waals surface area contributed by atoms with E-state index in [-0.39, 0.29) is 30.2 Å². The number of ketones is 1. The molecule has 0 unspecified atom stereocenters. The Kier molecular flexibility index (Phi) is 8.48. The van der Waals surface area contributed by atoms with Gasteiger partial charge < -0.3 is 15.6 Å². The van der Waals surface area contributed by atoms with Crippen molar-refractivity contribution in [3.05, 3.63) is 70.9 Å². The number of carbonyl (C=O) groups is 2. The van der Waals surface area contributed by atoms with Crippen LogP contribution in [0.1, 0.15) is 44.7 Å². The number of halogens is 1. The lowest BCUT2D eigenvalue weighted by Crippen LogP contribution is -2.42. The molecule has 1 aromatic heterocycles. The van der Waals surface area contributed by atoms with Gasteiger partial charge in [0.25, 0.3) is 0 Å². The molecular weight excluding hydrogens is 422 g/mol. The summed E-state index contributed by atoms with van der Waals surface area (Å²) in [6.45, 7) is 6.28. The lowest BCUT2D eigenvalue weighted by atomic mass is 9.94. The van der Waals surface area contributed by atoms with Crippen molar-refractivity contribution in [1.82, 2.24) is 15.6 Å². The number of fused-ring (bicyclic) bond motifs is 1. The van der Waals surface area contributed by atoms with Gasteiger partial charge in [-0.25, -0.2) is 0 Å². The number of aryl methyl sites for hydroxylation is 1. The maximum atomic E-state index is 13.0. The van der Waals surface area contributed by atoms with Crippen LogP contribution in [0, 0.1) is 5.92 Å². The van der Waals surface area contributed by atoms with E-state index in [9.17, 15) is 9.59 Å². The molecule has 0 spiro atoms. The number of H-pyrrole nitrogens is 1. The first-order valence-electron chi connectivity index (χ1n) is 11.2. The van der Waals surface area contributed by atoms with Crippen LogP contribution in [0.4, 0.5) is 0 Å². The Balaban J connectivity index is 1.53. The molecule has 1 amide bonds. The summed E-state index contributed by atoms with van der Waals surface area (Å²) in [5.41, 5.74) is 3.14. The molecule has 3 N–H and O–H groups in total. The van der Waals surface area contributed by atoms with Crippen LogP contribution in [0.2, 0.25) is 5.02 Å². The standard InChI is InChI=1S/C26H32ClN3O2/c1-17(2)30-24(12-9-19-7-5-4-6-8-19)25(31)13-18(3)26(32)29-15-20-10-11-23-21(14-20)22(27)16-28-23/h4-8,10-11,14,16-18,24,28,30H,9,12-13,15H2,1-3H3,(H,29,32)/t18-,24-/m1/s1. The van der Waals surface area contributed by atoms with Crippen molar-refractivity contribution in [2.45, 2.75) is 58.7 Å². The minimum Gasteiger partial charge on any atom is -0.360 e. The number of aromatic nitrogens is 1. The van der Waals surface area contributed by atoms with Crippen LogP contribution < -0.4 is 10.6 Å².